The molecule has 0 radical (unpaired) electrons. The summed E-state index contributed by atoms with van der Waals surface area (Å²) < 4.78 is 1.81. The average Bonchev–Trinajstić information content (AvgIpc) is 2.76. The number of aromatic nitrogens is 2. The van der Waals surface area contributed by atoms with Gasteiger partial charge in [0.15, 0.2) is 0 Å². The zero-order chi connectivity index (χ0) is 10.3. The van der Waals surface area contributed by atoms with E-state index in [1.165, 1.54) is 5.56 Å². The van der Waals surface area contributed by atoms with Crippen LogP contribution in [-0.2, 0) is 13.1 Å². The third-order valence-electron chi connectivity index (χ3n) is 2.58. The van der Waals surface area contributed by atoms with Gasteiger partial charge in [0.05, 0.1) is 11.4 Å². The van der Waals surface area contributed by atoms with Gasteiger partial charge in [-0.05, 0) is 12.1 Å². The molecular formula is C11H11N3O. The monoisotopic (exact) mass is 201 g/mol. The Morgan fingerprint density at radius 1 is 1.33 bits per heavy atom. The molecule has 1 aromatic heterocycles. The molecule has 0 saturated carbocycles. The van der Waals surface area contributed by atoms with Crippen LogP contribution in [0.15, 0.2) is 30.5 Å². The van der Waals surface area contributed by atoms with E-state index < -0.39 is 0 Å². The van der Waals surface area contributed by atoms with Crippen molar-refractivity contribution in [3.8, 4) is 11.4 Å². The fraction of sp³-hybridized carbons (Fsp3) is 0.182. The lowest BCUT2D eigenvalue weighted by atomic mass is 10.3. The predicted octanol–water partition coefficient (Wildman–Crippen LogP) is 1.18. The fourth-order valence-corrected chi connectivity index (χ4v) is 1.83. The number of phenols is 1. The predicted molar refractivity (Wildman–Crippen MR) is 55.8 cm³/mol. The van der Waals surface area contributed by atoms with Crippen molar-refractivity contribution in [1.29, 1.82) is 0 Å². The molecule has 0 atom stereocenters. The van der Waals surface area contributed by atoms with Gasteiger partial charge in [0, 0.05) is 30.9 Å². The van der Waals surface area contributed by atoms with Crippen LogP contribution in [0.3, 0.4) is 0 Å². The molecule has 4 heteroatoms. The number of fused-ring (bicyclic) bond motifs is 1. The molecule has 1 aliphatic heterocycles. The summed E-state index contributed by atoms with van der Waals surface area (Å²) in [6.07, 6.45) is 2.00. The third kappa shape index (κ3) is 1.39. The summed E-state index contributed by atoms with van der Waals surface area (Å²) >= 11 is 0. The lowest BCUT2D eigenvalue weighted by Gasteiger charge is -2.01. The van der Waals surface area contributed by atoms with Gasteiger partial charge in [0.25, 0.3) is 0 Å². The summed E-state index contributed by atoms with van der Waals surface area (Å²) in [5, 5.41) is 17.0. The van der Waals surface area contributed by atoms with Crippen molar-refractivity contribution in [3.63, 3.8) is 0 Å². The minimum absolute atomic E-state index is 0.265. The molecule has 1 aliphatic rings. The molecule has 15 heavy (non-hydrogen) atoms. The van der Waals surface area contributed by atoms with Crippen LogP contribution in [-0.4, -0.2) is 14.9 Å². The highest BCUT2D eigenvalue weighted by atomic mass is 16.3. The third-order valence-corrected chi connectivity index (χ3v) is 2.58. The van der Waals surface area contributed by atoms with E-state index in [9.17, 15) is 5.11 Å². The summed E-state index contributed by atoms with van der Waals surface area (Å²) in [5.41, 5.74) is 3.22. The highest BCUT2D eigenvalue weighted by Gasteiger charge is 2.14. The van der Waals surface area contributed by atoms with Crippen molar-refractivity contribution >= 4 is 0 Å². The molecule has 2 heterocycles. The number of aromatic hydroxyl groups is 1. The Hall–Kier alpha value is -1.81. The van der Waals surface area contributed by atoms with E-state index in [2.05, 4.69) is 10.4 Å². The van der Waals surface area contributed by atoms with E-state index >= 15 is 0 Å². The summed E-state index contributed by atoms with van der Waals surface area (Å²) in [6, 6.07) is 7.10. The molecule has 0 fully saturated rings. The Kier molecular flexibility index (Phi) is 1.76. The van der Waals surface area contributed by atoms with Crippen molar-refractivity contribution < 1.29 is 5.11 Å². The molecule has 0 amide bonds. The maximum Gasteiger partial charge on any atom is 0.117 e. The quantitative estimate of drug-likeness (QED) is 0.728. The molecule has 2 N–H and O–H groups in total. The van der Waals surface area contributed by atoms with Gasteiger partial charge in [-0.2, -0.15) is 5.10 Å². The van der Waals surface area contributed by atoms with Crippen LogP contribution in [0.25, 0.3) is 5.69 Å². The van der Waals surface area contributed by atoms with Gasteiger partial charge in [-0.1, -0.05) is 6.07 Å². The lowest BCUT2D eigenvalue weighted by molar-refractivity contribution is 0.475. The molecule has 0 bridgehead atoms. The van der Waals surface area contributed by atoms with Crippen molar-refractivity contribution in [3.05, 3.63) is 41.7 Å². The van der Waals surface area contributed by atoms with Crippen LogP contribution in [0, 0.1) is 0 Å². The topological polar surface area (TPSA) is 50.1 Å². The summed E-state index contributed by atoms with van der Waals surface area (Å²) in [6.45, 7) is 1.72. The Morgan fingerprint density at radius 3 is 3.07 bits per heavy atom. The zero-order valence-electron chi connectivity index (χ0n) is 8.14. The van der Waals surface area contributed by atoms with Gasteiger partial charge in [0.1, 0.15) is 5.75 Å². The van der Waals surface area contributed by atoms with Crippen LogP contribution in [0.5, 0.6) is 5.75 Å². The number of phenolic OH excluding ortho intramolecular Hbond substituents is 1. The van der Waals surface area contributed by atoms with Gasteiger partial charge >= 0.3 is 0 Å². The SMILES string of the molecule is Oc1cccc(-n2cc3c(n2)CNC3)c1. The maximum atomic E-state index is 9.37. The molecule has 76 valence electrons. The first-order valence-electron chi connectivity index (χ1n) is 4.90. The Labute approximate surface area is 87.2 Å². The Balaban J connectivity index is 2.06. The number of rotatable bonds is 1. The first kappa shape index (κ1) is 8.49. The maximum absolute atomic E-state index is 9.37. The van der Waals surface area contributed by atoms with Crippen molar-refractivity contribution in [2.45, 2.75) is 13.1 Å². The van der Waals surface area contributed by atoms with Crippen LogP contribution < -0.4 is 5.32 Å². The number of hydrogen-bond donors (Lipinski definition) is 2. The normalized spacial score (nSPS) is 14.1. The van der Waals surface area contributed by atoms with Crippen molar-refractivity contribution in [2.24, 2.45) is 0 Å². The van der Waals surface area contributed by atoms with Gasteiger partial charge in [-0.15, -0.1) is 0 Å². The van der Waals surface area contributed by atoms with E-state index in [1.807, 2.05) is 23.0 Å². The highest BCUT2D eigenvalue weighted by Crippen LogP contribution is 2.18. The summed E-state index contributed by atoms with van der Waals surface area (Å²) in [4.78, 5) is 0. The number of hydrogen-bond acceptors (Lipinski definition) is 3. The highest BCUT2D eigenvalue weighted by molar-refractivity contribution is 5.39. The minimum atomic E-state index is 0.265. The first-order valence-corrected chi connectivity index (χ1v) is 4.90. The van der Waals surface area contributed by atoms with E-state index in [1.54, 1.807) is 12.1 Å². The second kappa shape index (κ2) is 3.10. The molecule has 0 aliphatic carbocycles. The van der Waals surface area contributed by atoms with Crippen LogP contribution in [0.4, 0.5) is 0 Å². The Bertz CT molecular complexity index is 483. The molecular weight excluding hydrogens is 190 g/mol. The number of nitrogens with one attached hydrogen (secondary N) is 1. The molecule has 0 unspecified atom stereocenters. The molecule has 0 spiro atoms. The van der Waals surface area contributed by atoms with E-state index in [-0.39, 0.29) is 5.75 Å². The fourth-order valence-electron chi connectivity index (χ4n) is 1.83. The molecule has 3 rings (SSSR count). The zero-order valence-corrected chi connectivity index (χ0v) is 8.14. The molecule has 2 aromatic rings. The Morgan fingerprint density at radius 2 is 2.27 bits per heavy atom. The minimum Gasteiger partial charge on any atom is -0.508 e. The molecule has 0 saturated heterocycles. The van der Waals surface area contributed by atoms with Crippen LogP contribution in [0.2, 0.25) is 0 Å². The van der Waals surface area contributed by atoms with Crippen LogP contribution in [0.1, 0.15) is 11.3 Å². The lowest BCUT2D eigenvalue weighted by Crippen LogP contribution is -2.04. The molecule has 1 aromatic carbocycles. The number of nitrogens with zero attached hydrogens (tertiary/aromatic N) is 2. The first-order chi connectivity index (χ1) is 7.33. The molecule has 4 nitrogen and oxygen atoms in total. The smallest absolute Gasteiger partial charge is 0.117 e. The standard InChI is InChI=1S/C11H11N3O/c15-10-3-1-2-9(4-10)14-7-8-5-12-6-11(8)13-14/h1-4,7,12,15H,5-6H2. The largest absolute Gasteiger partial charge is 0.508 e. The number of benzene rings is 1. The van der Waals surface area contributed by atoms with Gasteiger partial charge < -0.3 is 10.4 Å². The summed E-state index contributed by atoms with van der Waals surface area (Å²) in [7, 11) is 0. The van der Waals surface area contributed by atoms with Crippen molar-refractivity contribution in [1.82, 2.24) is 15.1 Å². The van der Waals surface area contributed by atoms with E-state index in [4.69, 9.17) is 0 Å². The van der Waals surface area contributed by atoms with E-state index in [0.717, 1.165) is 24.5 Å². The van der Waals surface area contributed by atoms with Crippen molar-refractivity contribution in [2.75, 3.05) is 0 Å². The van der Waals surface area contributed by atoms with Gasteiger partial charge in [-0.25, -0.2) is 4.68 Å². The summed E-state index contributed by atoms with van der Waals surface area (Å²) in [5.74, 6) is 0.265. The van der Waals surface area contributed by atoms with Gasteiger partial charge in [0.2, 0.25) is 0 Å². The average molecular weight is 201 g/mol. The van der Waals surface area contributed by atoms with E-state index in [0.29, 0.717) is 0 Å². The van der Waals surface area contributed by atoms with Gasteiger partial charge in [-0.3, -0.25) is 0 Å². The van der Waals surface area contributed by atoms with Crippen LogP contribution >= 0.6 is 0 Å². The second-order valence-corrected chi connectivity index (χ2v) is 3.67. The second-order valence-electron chi connectivity index (χ2n) is 3.67.